The van der Waals surface area contributed by atoms with E-state index >= 15 is 0 Å². The number of anilines is 1. The number of hydrogen-bond acceptors (Lipinski definition) is 6. The summed E-state index contributed by atoms with van der Waals surface area (Å²) < 4.78 is 18.5. The Morgan fingerprint density at radius 3 is 2.63 bits per heavy atom. The second kappa shape index (κ2) is 8.73. The van der Waals surface area contributed by atoms with Crippen molar-refractivity contribution in [1.29, 1.82) is 0 Å². The molecule has 1 N–H and O–H groups in total. The van der Waals surface area contributed by atoms with Gasteiger partial charge in [0.15, 0.2) is 11.4 Å². The Balaban J connectivity index is 1.27. The maximum atomic E-state index is 13.3. The summed E-state index contributed by atoms with van der Waals surface area (Å²) in [4.78, 5) is 28.2. The summed E-state index contributed by atoms with van der Waals surface area (Å²) in [5.41, 5.74) is 2.45. The van der Waals surface area contributed by atoms with Crippen molar-refractivity contribution < 1.29 is 18.5 Å². The Bertz CT molecular complexity index is 1070. The van der Waals surface area contributed by atoms with Gasteiger partial charge >= 0.3 is 0 Å². The van der Waals surface area contributed by atoms with Gasteiger partial charge in [-0.15, -0.1) is 0 Å². The van der Waals surface area contributed by atoms with Crippen molar-refractivity contribution >= 4 is 28.3 Å². The van der Waals surface area contributed by atoms with Crippen molar-refractivity contribution in [3.8, 4) is 0 Å². The number of amides is 1. The quantitative estimate of drug-likeness (QED) is 0.630. The summed E-state index contributed by atoms with van der Waals surface area (Å²) >= 11 is 0. The van der Waals surface area contributed by atoms with Crippen molar-refractivity contribution in [2.75, 3.05) is 38.0 Å². The smallest absolute Gasteiger partial charge is 0.238 e. The fraction of sp³-hybridized carbons (Fsp3) is 0.318. The number of nitrogens with one attached hydrogen (secondary N) is 1. The molecule has 2 aromatic carbocycles. The lowest BCUT2D eigenvalue weighted by Gasteiger charge is -2.33. The van der Waals surface area contributed by atoms with Crippen LogP contribution in [0.3, 0.4) is 0 Å². The number of hydrogen-bond donors (Lipinski definition) is 1. The third-order valence-electron chi connectivity index (χ3n) is 5.27. The predicted octanol–water partition coefficient (Wildman–Crippen LogP) is 2.93. The Morgan fingerprint density at radius 1 is 1.10 bits per heavy atom. The van der Waals surface area contributed by atoms with Crippen LogP contribution in [0, 0.1) is 5.82 Å². The number of fused-ring (bicyclic) bond motifs is 1. The zero-order chi connectivity index (χ0) is 21.1. The number of carbonyl (C=O) groups excluding carboxylic acids is 2. The van der Waals surface area contributed by atoms with Crippen LogP contribution in [0.4, 0.5) is 10.1 Å². The SMILES string of the molecule is CC(=O)c1cccc(NC(=O)CN2CCN(Cc3noc4cc(F)ccc34)CC2)c1. The van der Waals surface area contributed by atoms with Crippen LogP contribution in [0.1, 0.15) is 23.0 Å². The number of benzene rings is 2. The van der Waals surface area contributed by atoms with Crippen LogP contribution < -0.4 is 5.32 Å². The predicted molar refractivity (Wildman–Crippen MR) is 111 cm³/mol. The van der Waals surface area contributed by atoms with Crippen LogP contribution in [0.15, 0.2) is 47.0 Å². The minimum atomic E-state index is -0.342. The first kappa shape index (κ1) is 20.2. The topological polar surface area (TPSA) is 78.7 Å². The molecular weight excluding hydrogens is 387 g/mol. The van der Waals surface area contributed by atoms with Crippen LogP contribution >= 0.6 is 0 Å². The van der Waals surface area contributed by atoms with Crippen LogP contribution in [0.25, 0.3) is 11.0 Å². The highest BCUT2D eigenvalue weighted by molar-refractivity contribution is 5.97. The van der Waals surface area contributed by atoms with Crippen LogP contribution in [0.2, 0.25) is 0 Å². The van der Waals surface area contributed by atoms with Gasteiger partial charge < -0.3 is 9.84 Å². The zero-order valence-corrected chi connectivity index (χ0v) is 16.7. The zero-order valence-electron chi connectivity index (χ0n) is 16.7. The molecule has 0 atom stereocenters. The molecule has 7 nitrogen and oxygen atoms in total. The lowest BCUT2D eigenvalue weighted by atomic mass is 10.1. The molecule has 1 aromatic heterocycles. The number of aromatic nitrogens is 1. The van der Waals surface area contributed by atoms with Gasteiger partial charge in [0.1, 0.15) is 11.5 Å². The Labute approximate surface area is 173 Å². The van der Waals surface area contributed by atoms with Crippen molar-refractivity contribution in [1.82, 2.24) is 15.0 Å². The number of rotatable bonds is 6. The monoisotopic (exact) mass is 410 g/mol. The average Bonchev–Trinajstić information content (AvgIpc) is 3.11. The van der Waals surface area contributed by atoms with Crippen LogP contribution in [-0.4, -0.2) is 59.4 Å². The van der Waals surface area contributed by atoms with E-state index in [1.54, 1.807) is 30.3 Å². The molecule has 1 aliphatic heterocycles. The minimum absolute atomic E-state index is 0.0350. The molecule has 0 spiro atoms. The summed E-state index contributed by atoms with van der Waals surface area (Å²) in [6, 6.07) is 11.4. The molecule has 8 heteroatoms. The molecule has 1 fully saturated rings. The summed E-state index contributed by atoms with van der Waals surface area (Å²) in [5, 5.41) is 7.76. The van der Waals surface area contributed by atoms with Gasteiger partial charge in [0.2, 0.25) is 5.91 Å². The van der Waals surface area contributed by atoms with Crippen molar-refractivity contribution in [3.63, 3.8) is 0 Å². The molecule has 2 heterocycles. The number of carbonyl (C=O) groups is 2. The molecule has 0 bridgehead atoms. The van der Waals surface area contributed by atoms with E-state index in [0.717, 1.165) is 37.3 Å². The molecular formula is C22H23FN4O3. The molecule has 4 rings (SSSR count). The third-order valence-corrected chi connectivity index (χ3v) is 5.27. The standard InChI is InChI=1S/C22H23FN4O3/c1-15(28)16-3-2-4-18(11-16)24-22(29)14-27-9-7-26(8-10-27)13-20-19-6-5-17(23)12-21(19)30-25-20/h2-6,11-12H,7-10,13-14H2,1H3,(H,24,29). The molecule has 0 aliphatic carbocycles. The van der Waals surface area contributed by atoms with Crippen molar-refractivity contribution in [2.24, 2.45) is 0 Å². The Hall–Kier alpha value is -3.10. The van der Waals surface area contributed by atoms with E-state index in [4.69, 9.17) is 4.52 Å². The van der Waals surface area contributed by atoms with Crippen molar-refractivity contribution in [3.05, 3.63) is 59.5 Å². The van der Waals surface area contributed by atoms with Gasteiger partial charge in [0.05, 0.1) is 6.54 Å². The van der Waals surface area contributed by atoms with Crippen LogP contribution in [-0.2, 0) is 11.3 Å². The summed E-state index contributed by atoms with van der Waals surface area (Å²) in [5.74, 6) is -0.481. The first-order chi connectivity index (χ1) is 14.5. The van der Waals surface area contributed by atoms with E-state index in [1.165, 1.54) is 19.1 Å². The van der Waals surface area contributed by atoms with Gasteiger partial charge in [-0.05, 0) is 31.2 Å². The van der Waals surface area contributed by atoms with Gasteiger partial charge in [-0.1, -0.05) is 17.3 Å². The van der Waals surface area contributed by atoms with Gasteiger partial charge in [-0.3, -0.25) is 19.4 Å². The van der Waals surface area contributed by atoms with Gasteiger partial charge in [-0.2, -0.15) is 0 Å². The summed E-state index contributed by atoms with van der Waals surface area (Å²) in [7, 11) is 0. The minimum Gasteiger partial charge on any atom is -0.356 e. The maximum absolute atomic E-state index is 13.3. The third kappa shape index (κ3) is 4.72. The molecule has 1 saturated heterocycles. The van der Waals surface area contributed by atoms with E-state index in [1.807, 2.05) is 0 Å². The van der Waals surface area contributed by atoms with Crippen LogP contribution in [0.5, 0.6) is 0 Å². The lowest BCUT2D eigenvalue weighted by molar-refractivity contribution is -0.117. The molecule has 0 radical (unpaired) electrons. The second-order valence-electron chi connectivity index (χ2n) is 7.51. The highest BCUT2D eigenvalue weighted by Gasteiger charge is 2.21. The first-order valence-electron chi connectivity index (χ1n) is 9.87. The molecule has 0 unspecified atom stereocenters. The molecule has 0 saturated carbocycles. The summed E-state index contributed by atoms with van der Waals surface area (Å²) in [6.07, 6.45) is 0. The fourth-order valence-corrected chi connectivity index (χ4v) is 3.61. The maximum Gasteiger partial charge on any atom is 0.238 e. The molecule has 3 aromatic rings. The number of Topliss-reactive ketones (excluding diaryl/α,β-unsaturated/α-hetero) is 1. The molecule has 1 aliphatic rings. The Kier molecular flexibility index (Phi) is 5.87. The highest BCUT2D eigenvalue weighted by atomic mass is 19.1. The van der Waals surface area contributed by atoms with E-state index in [0.29, 0.717) is 29.9 Å². The first-order valence-corrected chi connectivity index (χ1v) is 9.87. The highest BCUT2D eigenvalue weighted by Crippen LogP contribution is 2.21. The second-order valence-corrected chi connectivity index (χ2v) is 7.51. The number of halogens is 1. The van der Waals surface area contributed by atoms with E-state index in [9.17, 15) is 14.0 Å². The number of piperazine rings is 1. The number of ketones is 1. The normalized spacial score (nSPS) is 15.4. The largest absolute Gasteiger partial charge is 0.356 e. The van der Waals surface area contributed by atoms with Gasteiger partial charge in [-0.25, -0.2) is 4.39 Å². The number of nitrogens with zero attached hydrogens (tertiary/aromatic N) is 3. The molecule has 156 valence electrons. The fourth-order valence-electron chi connectivity index (χ4n) is 3.61. The van der Waals surface area contributed by atoms with Crippen molar-refractivity contribution in [2.45, 2.75) is 13.5 Å². The summed E-state index contributed by atoms with van der Waals surface area (Å²) in [6.45, 7) is 5.52. The Morgan fingerprint density at radius 2 is 1.87 bits per heavy atom. The lowest BCUT2D eigenvalue weighted by Crippen LogP contribution is -2.48. The average molecular weight is 410 g/mol. The van der Waals surface area contributed by atoms with E-state index < -0.39 is 0 Å². The van der Waals surface area contributed by atoms with E-state index in [2.05, 4.69) is 20.3 Å². The van der Waals surface area contributed by atoms with E-state index in [-0.39, 0.29) is 17.5 Å². The molecule has 30 heavy (non-hydrogen) atoms. The van der Waals surface area contributed by atoms with Gasteiger partial charge in [0, 0.05) is 55.4 Å². The molecule has 1 amide bonds. The van der Waals surface area contributed by atoms with Gasteiger partial charge in [0.25, 0.3) is 0 Å².